The van der Waals surface area contributed by atoms with Crippen molar-refractivity contribution in [3.05, 3.63) is 0 Å². The Labute approximate surface area is 65.1 Å². The van der Waals surface area contributed by atoms with Crippen molar-refractivity contribution in [2.75, 3.05) is 13.3 Å². The fourth-order valence-corrected chi connectivity index (χ4v) is 1.01. The molecule has 0 aliphatic carbocycles. The molecule has 1 aliphatic rings. The predicted molar refractivity (Wildman–Crippen MR) is 37.6 cm³/mol. The van der Waals surface area contributed by atoms with Crippen molar-refractivity contribution in [1.82, 2.24) is 4.90 Å². The highest BCUT2D eigenvalue weighted by Gasteiger charge is 2.20. The quantitative estimate of drug-likeness (QED) is 0.535. The van der Waals surface area contributed by atoms with Gasteiger partial charge in [-0.05, 0) is 6.42 Å². The molecular weight excluding hydrogens is 146 g/mol. The number of likely N-dealkylation sites (tertiary alicyclic amines) is 1. The maximum Gasteiger partial charge on any atom is 0.304 e. The Kier molecular flexibility index (Phi) is 2.46. The summed E-state index contributed by atoms with van der Waals surface area (Å²) in [6, 6.07) is 0. The van der Waals surface area contributed by atoms with E-state index in [-0.39, 0.29) is 18.6 Å². The lowest BCUT2D eigenvalue weighted by Crippen LogP contribution is -2.28. The highest BCUT2D eigenvalue weighted by molar-refractivity contribution is 5.78. The van der Waals surface area contributed by atoms with E-state index in [1.54, 1.807) is 4.90 Å². The van der Waals surface area contributed by atoms with Crippen LogP contribution >= 0.6 is 0 Å². The van der Waals surface area contributed by atoms with Crippen LogP contribution in [0.4, 0.5) is 0 Å². The third-order valence-electron chi connectivity index (χ3n) is 1.60. The third kappa shape index (κ3) is 2.22. The normalized spacial score (nSPS) is 17.2. The maximum atomic E-state index is 10.9. The van der Waals surface area contributed by atoms with Crippen molar-refractivity contribution in [3.8, 4) is 0 Å². The van der Waals surface area contributed by atoms with E-state index in [4.69, 9.17) is 0 Å². The Morgan fingerprint density at radius 1 is 1.73 bits per heavy atom. The molecule has 1 fully saturated rings. The van der Waals surface area contributed by atoms with E-state index in [2.05, 4.69) is 4.74 Å². The van der Waals surface area contributed by atoms with Gasteiger partial charge in [0.05, 0.1) is 0 Å². The number of carbonyl (C=O) groups is 2. The zero-order valence-electron chi connectivity index (χ0n) is 6.50. The van der Waals surface area contributed by atoms with Crippen LogP contribution in [-0.2, 0) is 14.3 Å². The molecule has 1 amide bonds. The van der Waals surface area contributed by atoms with Gasteiger partial charge in [0.1, 0.15) is 0 Å². The summed E-state index contributed by atoms with van der Waals surface area (Å²) in [5.74, 6) is -0.268. The molecule has 0 N–H and O–H groups in total. The first kappa shape index (κ1) is 8.04. The molecule has 4 heteroatoms. The molecule has 0 atom stereocenters. The highest BCUT2D eigenvalue weighted by Crippen LogP contribution is 2.08. The Morgan fingerprint density at radius 3 is 2.91 bits per heavy atom. The second-order valence-electron chi connectivity index (χ2n) is 2.53. The monoisotopic (exact) mass is 157 g/mol. The molecular formula is C7H11NO3. The summed E-state index contributed by atoms with van der Waals surface area (Å²) in [6.07, 6.45) is 1.46. The summed E-state index contributed by atoms with van der Waals surface area (Å²) in [5.41, 5.74) is 0. The standard InChI is InChI=1S/C7H11NO3/c1-6(9)11-5-8-4-2-3-7(8)10/h2-5H2,1H3. The number of ether oxygens (including phenoxy) is 1. The summed E-state index contributed by atoms with van der Waals surface area (Å²) in [6.45, 7) is 2.17. The van der Waals surface area contributed by atoms with Crippen molar-refractivity contribution >= 4 is 11.9 Å². The van der Waals surface area contributed by atoms with Crippen LogP contribution in [0.5, 0.6) is 0 Å². The average Bonchev–Trinajstić information content (AvgIpc) is 2.31. The van der Waals surface area contributed by atoms with Crippen LogP contribution in [0.15, 0.2) is 0 Å². The minimum absolute atomic E-state index is 0.0752. The van der Waals surface area contributed by atoms with Gasteiger partial charge in [0.2, 0.25) is 5.91 Å². The molecule has 1 saturated heterocycles. The second kappa shape index (κ2) is 3.37. The summed E-state index contributed by atoms with van der Waals surface area (Å²) in [7, 11) is 0. The van der Waals surface area contributed by atoms with E-state index in [1.165, 1.54) is 6.92 Å². The van der Waals surface area contributed by atoms with Gasteiger partial charge in [-0.25, -0.2) is 0 Å². The van der Waals surface area contributed by atoms with Gasteiger partial charge < -0.3 is 9.64 Å². The van der Waals surface area contributed by atoms with Gasteiger partial charge in [0, 0.05) is 19.9 Å². The molecule has 1 aliphatic heterocycles. The maximum absolute atomic E-state index is 10.9. The van der Waals surface area contributed by atoms with Gasteiger partial charge >= 0.3 is 5.97 Å². The number of nitrogens with zero attached hydrogens (tertiary/aromatic N) is 1. The summed E-state index contributed by atoms with van der Waals surface area (Å²) < 4.78 is 4.66. The lowest BCUT2D eigenvalue weighted by Gasteiger charge is -2.13. The minimum Gasteiger partial charge on any atom is -0.444 e. The molecule has 62 valence electrons. The summed E-state index contributed by atoms with van der Waals surface area (Å²) in [5, 5.41) is 0. The molecule has 0 aromatic rings. The average molecular weight is 157 g/mol. The van der Waals surface area contributed by atoms with Crippen molar-refractivity contribution in [2.24, 2.45) is 0 Å². The number of esters is 1. The largest absolute Gasteiger partial charge is 0.444 e. The molecule has 0 spiro atoms. The van der Waals surface area contributed by atoms with Gasteiger partial charge in [0.25, 0.3) is 0 Å². The fraction of sp³-hybridized carbons (Fsp3) is 0.714. The molecule has 0 saturated carbocycles. The van der Waals surface area contributed by atoms with E-state index in [0.29, 0.717) is 13.0 Å². The van der Waals surface area contributed by atoms with Crippen LogP contribution in [0.25, 0.3) is 0 Å². The van der Waals surface area contributed by atoms with Gasteiger partial charge in [-0.1, -0.05) is 0 Å². The first-order chi connectivity index (χ1) is 5.20. The molecule has 4 nitrogen and oxygen atoms in total. The smallest absolute Gasteiger partial charge is 0.304 e. The Bertz CT molecular complexity index is 179. The number of hydrogen-bond acceptors (Lipinski definition) is 3. The molecule has 0 aromatic heterocycles. The summed E-state index contributed by atoms with van der Waals surface area (Å²) in [4.78, 5) is 22.8. The van der Waals surface area contributed by atoms with E-state index in [0.717, 1.165) is 6.42 Å². The van der Waals surface area contributed by atoms with Crippen LogP contribution in [0.1, 0.15) is 19.8 Å². The summed E-state index contributed by atoms with van der Waals surface area (Å²) >= 11 is 0. The van der Waals surface area contributed by atoms with Crippen molar-refractivity contribution in [2.45, 2.75) is 19.8 Å². The molecule has 1 rings (SSSR count). The Balaban J connectivity index is 2.26. The SMILES string of the molecule is CC(=O)OCN1CCCC1=O. The first-order valence-corrected chi connectivity index (χ1v) is 3.61. The third-order valence-corrected chi connectivity index (χ3v) is 1.60. The first-order valence-electron chi connectivity index (χ1n) is 3.61. The van der Waals surface area contributed by atoms with Gasteiger partial charge in [-0.15, -0.1) is 0 Å². The zero-order chi connectivity index (χ0) is 8.27. The topological polar surface area (TPSA) is 46.6 Å². The Hall–Kier alpha value is -1.06. The number of rotatable bonds is 2. The van der Waals surface area contributed by atoms with Gasteiger partial charge in [-0.2, -0.15) is 0 Å². The molecule has 0 radical (unpaired) electrons. The number of amides is 1. The van der Waals surface area contributed by atoms with Crippen molar-refractivity contribution in [1.29, 1.82) is 0 Å². The van der Waals surface area contributed by atoms with Crippen molar-refractivity contribution < 1.29 is 14.3 Å². The van der Waals surface area contributed by atoms with E-state index < -0.39 is 0 Å². The lowest BCUT2D eigenvalue weighted by atomic mass is 10.4. The highest BCUT2D eigenvalue weighted by atomic mass is 16.5. The lowest BCUT2D eigenvalue weighted by molar-refractivity contribution is -0.149. The van der Waals surface area contributed by atoms with Crippen molar-refractivity contribution in [3.63, 3.8) is 0 Å². The van der Waals surface area contributed by atoms with Crippen LogP contribution in [0, 0.1) is 0 Å². The van der Waals surface area contributed by atoms with E-state index >= 15 is 0 Å². The predicted octanol–water partition coefficient (Wildman–Crippen LogP) is 0.129. The van der Waals surface area contributed by atoms with Gasteiger partial charge in [-0.3, -0.25) is 9.59 Å². The molecule has 1 heterocycles. The zero-order valence-corrected chi connectivity index (χ0v) is 6.50. The minimum atomic E-state index is -0.343. The fourth-order valence-electron chi connectivity index (χ4n) is 1.01. The van der Waals surface area contributed by atoms with E-state index in [9.17, 15) is 9.59 Å². The molecule has 0 aromatic carbocycles. The number of carbonyl (C=O) groups excluding carboxylic acids is 2. The van der Waals surface area contributed by atoms with Crippen LogP contribution in [0.2, 0.25) is 0 Å². The van der Waals surface area contributed by atoms with Gasteiger partial charge in [0.15, 0.2) is 6.73 Å². The molecule has 0 bridgehead atoms. The van der Waals surface area contributed by atoms with Crippen LogP contribution in [-0.4, -0.2) is 30.1 Å². The van der Waals surface area contributed by atoms with Crippen LogP contribution < -0.4 is 0 Å². The Morgan fingerprint density at radius 2 is 2.45 bits per heavy atom. The molecule has 11 heavy (non-hydrogen) atoms. The molecule has 0 unspecified atom stereocenters. The second-order valence-corrected chi connectivity index (χ2v) is 2.53. The van der Waals surface area contributed by atoms with Crippen LogP contribution in [0.3, 0.4) is 0 Å². The van der Waals surface area contributed by atoms with E-state index in [1.807, 2.05) is 0 Å². The number of hydrogen-bond donors (Lipinski definition) is 0.